The van der Waals surface area contributed by atoms with Crippen LogP contribution in [0.25, 0.3) is 11.4 Å². The second kappa shape index (κ2) is 8.64. The molecule has 2 aromatic rings. The molecule has 0 spiro atoms. The highest BCUT2D eigenvalue weighted by molar-refractivity contribution is 6.30. The van der Waals surface area contributed by atoms with Crippen LogP contribution in [0.15, 0.2) is 28.8 Å². The molecule has 6 nitrogen and oxygen atoms in total. The van der Waals surface area contributed by atoms with Crippen LogP contribution in [0, 0.1) is 0 Å². The number of nitrogens with two attached hydrogens (primary N) is 1. The summed E-state index contributed by atoms with van der Waals surface area (Å²) in [6, 6.07) is 6.83. The van der Waals surface area contributed by atoms with Crippen molar-refractivity contribution >= 4 is 17.5 Å². The summed E-state index contributed by atoms with van der Waals surface area (Å²) in [6.07, 6.45) is 3.20. The third kappa shape index (κ3) is 5.33. The summed E-state index contributed by atoms with van der Waals surface area (Å²) in [5.74, 6) is 0.826. The maximum atomic E-state index is 11.9. The van der Waals surface area contributed by atoms with Crippen LogP contribution in [0.5, 0.6) is 0 Å². The average molecular weight is 337 g/mol. The van der Waals surface area contributed by atoms with Gasteiger partial charge in [0.15, 0.2) is 0 Å². The van der Waals surface area contributed by atoms with Gasteiger partial charge in [0.2, 0.25) is 17.6 Å². The molecular formula is C16H21ClN4O2. The predicted octanol–water partition coefficient (Wildman–Crippen LogP) is 3.09. The van der Waals surface area contributed by atoms with E-state index in [1.165, 1.54) is 0 Å². The van der Waals surface area contributed by atoms with Crippen molar-refractivity contribution in [3.05, 3.63) is 35.2 Å². The van der Waals surface area contributed by atoms with Crippen LogP contribution in [0.4, 0.5) is 0 Å². The number of carbonyl (C=O) groups excluding carboxylic acids is 1. The number of nitrogens with one attached hydrogen (secondary N) is 1. The van der Waals surface area contributed by atoms with Crippen LogP contribution in [0.3, 0.4) is 0 Å². The average Bonchev–Trinajstić information content (AvgIpc) is 3.02. The van der Waals surface area contributed by atoms with Crippen LogP contribution >= 0.6 is 11.6 Å². The van der Waals surface area contributed by atoms with Crippen LogP contribution in [-0.4, -0.2) is 22.6 Å². The number of hydrogen-bond acceptors (Lipinski definition) is 5. The van der Waals surface area contributed by atoms with Gasteiger partial charge in [-0.25, -0.2) is 0 Å². The molecule has 0 fully saturated rings. The molecule has 1 unspecified atom stereocenters. The van der Waals surface area contributed by atoms with Crippen LogP contribution < -0.4 is 11.1 Å². The Morgan fingerprint density at radius 2 is 2.04 bits per heavy atom. The van der Waals surface area contributed by atoms with Gasteiger partial charge in [-0.15, -0.1) is 0 Å². The fourth-order valence-electron chi connectivity index (χ4n) is 2.11. The Kier molecular flexibility index (Phi) is 6.55. The summed E-state index contributed by atoms with van der Waals surface area (Å²) < 4.78 is 5.23. The molecule has 3 N–H and O–H groups in total. The van der Waals surface area contributed by atoms with Crippen molar-refractivity contribution in [1.29, 1.82) is 0 Å². The highest BCUT2D eigenvalue weighted by atomic mass is 35.5. The lowest BCUT2D eigenvalue weighted by molar-refractivity contribution is -0.122. The topological polar surface area (TPSA) is 94.0 Å². The van der Waals surface area contributed by atoms with Crippen molar-refractivity contribution in [2.75, 3.05) is 6.54 Å². The molecule has 1 atom stereocenters. The third-order valence-electron chi connectivity index (χ3n) is 3.40. The van der Waals surface area contributed by atoms with E-state index in [1.807, 2.05) is 19.1 Å². The van der Waals surface area contributed by atoms with Gasteiger partial charge in [-0.1, -0.05) is 23.2 Å². The molecule has 0 saturated carbocycles. The third-order valence-corrected chi connectivity index (χ3v) is 3.65. The van der Waals surface area contributed by atoms with E-state index in [2.05, 4.69) is 15.5 Å². The quantitative estimate of drug-likeness (QED) is 0.722. The summed E-state index contributed by atoms with van der Waals surface area (Å²) in [6.45, 7) is 2.48. The number of aromatic nitrogens is 2. The molecule has 7 heteroatoms. The zero-order valence-corrected chi connectivity index (χ0v) is 13.8. The van der Waals surface area contributed by atoms with Crippen LogP contribution in [-0.2, 0) is 4.79 Å². The normalized spacial score (nSPS) is 12.1. The van der Waals surface area contributed by atoms with E-state index in [0.717, 1.165) is 24.8 Å². The van der Waals surface area contributed by atoms with Crippen molar-refractivity contribution < 1.29 is 9.32 Å². The molecule has 0 bridgehead atoms. The molecule has 0 radical (unpaired) electrons. The lowest BCUT2D eigenvalue weighted by atomic mass is 10.2. The summed E-state index contributed by atoms with van der Waals surface area (Å²) in [5, 5.41) is 7.44. The maximum Gasteiger partial charge on any atom is 0.249 e. The summed E-state index contributed by atoms with van der Waals surface area (Å²) >= 11 is 5.85. The monoisotopic (exact) mass is 336 g/mol. The molecule has 23 heavy (non-hydrogen) atoms. The maximum absolute atomic E-state index is 11.9. The largest absolute Gasteiger partial charge is 0.345 e. The fourth-order valence-corrected chi connectivity index (χ4v) is 2.24. The Hall–Kier alpha value is -1.92. The summed E-state index contributed by atoms with van der Waals surface area (Å²) in [5.41, 5.74) is 6.24. The van der Waals surface area contributed by atoms with Crippen molar-refractivity contribution in [3.63, 3.8) is 0 Å². The number of unbranched alkanes of at least 4 members (excludes halogenated alkanes) is 2. The smallest absolute Gasteiger partial charge is 0.249 e. The molecule has 1 aromatic carbocycles. The molecule has 2 rings (SSSR count). The first-order valence-electron chi connectivity index (χ1n) is 7.69. The fraction of sp³-hybridized carbons (Fsp3) is 0.438. The number of amides is 1. The lowest BCUT2D eigenvalue weighted by Gasteiger charge is -2.09. The number of rotatable bonds is 8. The Balaban J connectivity index is 1.89. The summed E-state index contributed by atoms with van der Waals surface area (Å²) in [7, 11) is 0. The van der Waals surface area contributed by atoms with Gasteiger partial charge in [0.25, 0.3) is 0 Å². The number of nitrogens with zero attached hydrogens (tertiary/aromatic N) is 2. The van der Waals surface area contributed by atoms with E-state index < -0.39 is 0 Å². The van der Waals surface area contributed by atoms with Crippen LogP contribution in [0.2, 0.25) is 5.02 Å². The number of halogens is 1. The first-order valence-corrected chi connectivity index (χ1v) is 8.07. The number of hydrogen-bond donors (Lipinski definition) is 2. The van der Waals surface area contributed by atoms with E-state index in [-0.39, 0.29) is 11.9 Å². The molecule has 124 valence electrons. The van der Waals surface area contributed by atoms with Gasteiger partial charge in [-0.3, -0.25) is 4.79 Å². The molecule has 1 heterocycles. The molecule has 1 amide bonds. The zero-order valence-electron chi connectivity index (χ0n) is 13.1. The van der Waals surface area contributed by atoms with Gasteiger partial charge in [0, 0.05) is 17.0 Å². The van der Waals surface area contributed by atoms with Gasteiger partial charge in [-0.05, 0) is 50.6 Å². The molecule has 0 aliphatic rings. The lowest BCUT2D eigenvalue weighted by Crippen LogP contribution is -2.26. The Labute approximate surface area is 140 Å². The predicted molar refractivity (Wildman–Crippen MR) is 88.8 cm³/mol. The highest BCUT2D eigenvalue weighted by Crippen LogP contribution is 2.20. The van der Waals surface area contributed by atoms with E-state index in [0.29, 0.717) is 29.7 Å². The molecule has 0 aliphatic carbocycles. The van der Waals surface area contributed by atoms with Gasteiger partial charge in [-0.2, -0.15) is 4.98 Å². The van der Waals surface area contributed by atoms with E-state index in [9.17, 15) is 4.79 Å². The molecule has 0 aliphatic heterocycles. The zero-order chi connectivity index (χ0) is 16.7. The van der Waals surface area contributed by atoms with Gasteiger partial charge in [0.05, 0.1) is 0 Å². The highest BCUT2D eigenvalue weighted by Gasteiger charge is 2.17. The van der Waals surface area contributed by atoms with Crippen molar-refractivity contribution in [2.45, 2.75) is 38.6 Å². The van der Waals surface area contributed by atoms with Crippen molar-refractivity contribution in [1.82, 2.24) is 15.5 Å². The molecule has 1 aromatic heterocycles. The molecular weight excluding hydrogens is 316 g/mol. The van der Waals surface area contributed by atoms with E-state index in [1.54, 1.807) is 12.1 Å². The Bertz CT molecular complexity index is 627. The number of carbonyl (C=O) groups is 1. The van der Waals surface area contributed by atoms with Gasteiger partial charge >= 0.3 is 0 Å². The minimum Gasteiger partial charge on any atom is -0.345 e. The van der Waals surface area contributed by atoms with Gasteiger partial charge < -0.3 is 15.6 Å². The van der Waals surface area contributed by atoms with Crippen molar-refractivity contribution in [3.8, 4) is 11.4 Å². The Morgan fingerprint density at radius 3 is 2.74 bits per heavy atom. The van der Waals surface area contributed by atoms with Crippen molar-refractivity contribution in [2.24, 2.45) is 5.73 Å². The first-order chi connectivity index (χ1) is 11.1. The van der Waals surface area contributed by atoms with E-state index in [4.69, 9.17) is 21.9 Å². The Morgan fingerprint density at radius 1 is 1.30 bits per heavy atom. The minimum absolute atomic E-state index is 0.0271. The number of benzene rings is 1. The standard InChI is InChI=1S/C16H21ClN4O2/c1-11(19-14(22)5-3-2-4-10-18)16-20-15(21-23-16)12-6-8-13(17)9-7-12/h6-9,11H,2-5,10,18H2,1H3,(H,19,22). The molecule has 0 saturated heterocycles. The summed E-state index contributed by atoms with van der Waals surface area (Å²) in [4.78, 5) is 16.2. The first kappa shape index (κ1) is 17.4. The SMILES string of the molecule is CC(NC(=O)CCCCCN)c1nc(-c2ccc(Cl)cc2)no1. The van der Waals surface area contributed by atoms with E-state index >= 15 is 0 Å². The second-order valence-corrected chi connectivity index (χ2v) is 5.79. The second-order valence-electron chi connectivity index (χ2n) is 5.35. The minimum atomic E-state index is -0.328. The van der Waals surface area contributed by atoms with Crippen LogP contribution in [0.1, 0.15) is 44.5 Å². The van der Waals surface area contributed by atoms with Gasteiger partial charge in [0.1, 0.15) is 6.04 Å².